The molecule has 0 unspecified atom stereocenters. The number of hydrogen-bond acceptors (Lipinski definition) is 2. The molecule has 0 saturated carbocycles. The molecule has 3 aromatic rings. The molecule has 1 aliphatic rings. The van der Waals surface area contributed by atoms with Gasteiger partial charge in [-0.2, -0.15) is 0 Å². The van der Waals surface area contributed by atoms with Gasteiger partial charge >= 0.3 is 0 Å². The van der Waals surface area contributed by atoms with E-state index in [1.54, 1.807) is 18.2 Å². The number of ketones is 1. The molecule has 3 aromatic carbocycles. The van der Waals surface area contributed by atoms with E-state index in [2.05, 4.69) is 17.0 Å². The lowest BCUT2D eigenvalue weighted by Gasteiger charge is -2.31. The third-order valence-corrected chi connectivity index (χ3v) is 5.62. The number of carbonyl (C=O) groups excluding carboxylic acids is 1. The largest absolute Gasteiger partial charge is 0.299 e. The van der Waals surface area contributed by atoms with E-state index in [1.165, 1.54) is 23.8 Å². The number of piperidine rings is 1. The highest BCUT2D eigenvalue weighted by molar-refractivity contribution is 5.96. The Labute approximate surface area is 163 Å². The maximum atomic E-state index is 13.3. The van der Waals surface area contributed by atoms with Crippen LogP contribution in [0.4, 0.5) is 8.78 Å². The SMILES string of the molecule is O=C(CC1CCN(Cc2ccc3cc(F)ccc3c2)CC1)c1ccc(F)cc1. The van der Waals surface area contributed by atoms with Crippen molar-refractivity contribution in [3.05, 3.63) is 83.4 Å². The van der Waals surface area contributed by atoms with Gasteiger partial charge in [0.1, 0.15) is 11.6 Å². The first kappa shape index (κ1) is 18.8. The number of rotatable bonds is 5. The number of carbonyl (C=O) groups is 1. The summed E-state index contributed by atoms with van der Waals surface area (Å²) in [7, 11) is 0. The Morgan fingerprint density at radius 2 is 1.50 bits per heavy atom. The molecule has 4 heteroatoms. The first-order chi connectivity index (χ1) is 13.6. The lowest BCUT2D eigenvalue weighted by atomic mass is 9.89. The number of hydrogen-bond donors (Lipinski definition) is 0. The highest BCUT2D eigenvalue weighted by atomic mass is 19.1. The maximum absolute atomic E-state index is 13.3. The minimum absolute atomic E-state index is 0.0974. The molecule has 0 atom stereocenters. The van der Waals surface area contributed by atoms with Crippen molar-refractivity contribution in [2.75, 3.05) is 13.1 Å². The van der Waals surface area contributed by atoms with Crippen molar-refractivity contribution in [2.24, 2.45) is 5.92 Å². The summed E-state index contributed by atoms with van der Waals surface area (Å²) in [5.74, 6) is -0.0465. The molecular formula is C24H23F2NO. The molecular weight excluding hydrogens is 356 g/mol. The molecule has 2 nitrogen and oxygen atoms in total. The molecule has 0 spiro atoms. The van der Waals surface area contributed by atoms with Crippen LogP contribution in [-0.2, 0) is 6.54 Å². The Kier molecular flexibility index (Phi) is 5.49. The Hall–Kier alpha value is -2.59. The second kappa shape index (κ2) is 8.19. The van der Waals surface area contributed by atoms with E-state index in [0.717, 1.165) is 43.2 Å². The molecule has 0 amide bonds. The summed E-state index contributed by atoms with van der Waals surface area (Å²) >= 11 is 0. The fraction of sp³-hybridized carbons (Fsp3) is 0.292. The van der Waals surface area contributed by atoms with Gasteiger partial charge < -0.3 is 0 Å². The van der Waals surface area contributed by atoms with E-state index in [-0.39, 0.29) is 17.4 Å². The molecule has 1 fully saturated rings. The zero-order chi connectivity index (χ0) is 19.5. The second-order valence-corrected chi connectivity index (χ2v) is 7.68. The zero-order valence-corrected chi connectivity index (χ0v) is 15.7. The fourth-order valence-electron chi connectivity index (χ4n) is 3.99. The van der Waals surface area contributed by atoms with E-state index in [4.69, 9.17) is 0 Å². The summed E-state index contributed by atoms with van der Waals surface area (Å²) < 4.78 is 26.3. The molecule has 4 rings (SSSR count). The first-order valence-corrected chi connectivity index (χ1v) is 9.76. The molecule has 0 radical (unpaired) electrons. The van der Waals surface area contributed by atoms with Gasteiger partial charge in [0.05, 0.1) is 0 Å². The van der Waals surface area contributed by atoms with E-state index in [9.17, 15) is 13.6 Å². The average molecular weight is 379 g/mol. The number of fused-ring (bicyclic) bond motifs is 1. The summed E-state index contributed by atoms with van der Waals surface area (Å²) in [5, 5.41) is 1.97. The predicted octanol–water partition coefficient (Wildman–Crippen LogP) is 5.60. The van der Waals surface area contributed by atoms with Crippen molar-refractivity contribution in [2.45, 2.75) is 25.8 Å². The smallest absolute Gasteiger partial charge is 0.163 e. The number of Topliss-reactive ketones (excluding diaryl/α,β-unsaturated/α-hetero) is 1. The Balaban J connectivity index is 1.31. The van der Waals surface area contributed by atoms with Crippen LogP contribution in [0, 0.1) is 17.6 Å². The van der Waals surface area contributed by atoms with Gasteiger partial charge in [0.25, 0.3) is 0 Å². The first-order valence-electron chi connectivity index (χ1n) is 9.76. The van der Waals surface area contributed by atoms with E-state index < -0.39 is 0 Å². The minimum atomic E-state index is -0.316. The summed E-state index contributed by atoms with van der Waals surface area (Å²) in [6.07, 6.45) is 2.51. The summed E-state index contributed by atoms with van der Waals surface area (Å²) in [4.78, 5) is 14.8. The van der Waals surface area contributed by atoms with Gasteiger partial charge in [0.2, 0.25) is 0 Å². The van der Waals surface area contributed by atoms with Crippen LogP contribution in [0.15, 0.2) is 60.7 Å². The monoisotopic (exact) mass is 379 g/mol. The number of nitrogens with zero attached hydrogens (tertiary/aromatic N) is 1. The van der Waals surface area contributed by atoms with Gasteiger partial charge in [-0.25, -0.2) is 8.78 Å². The quantitative estimate of drug-likeness (QED) is 0.538. The van der Waals surface area contributed by atoms with Crippen LogP contribution >= 0.6 is 0 Å². The fourth-order valence-corrected chi connectivity index (χ4v) is 3.99. The molecule has 0 aromatic heterocycles. The third-order valence-electron chi connectivity index (χ3n) is 5.62. The molecule has 0 bridgehead atoms. The Morgan fingerprint density at radius 3 is 2.25 bits per heavy atom. The summed E-state index contributed by atoms with van der Waals surface area (Å²) in [6, 6.07) is 16.9. The average Bonchev–Trinajstić information content (AvgIpc) is 2.70. The van der Waals surface area contributed by atoms with Gasteiger partial charge in [-0.15, -0.1) is 0 Å². The number of benzene rings is 3. The van der Waals surface area contributed by atoms with Crippen LogP contribution in [0.1, 0.15) is 35.2 Å². The number of likely N-dealkylation sites (tertiary alicyclic amines) is 1. The zero-order valence-electron chi connectivity index (χ0n) is 15.7. The molecule has 1 aliphatic heterocycles. The molecule has 0 aliphatic carbocycles. The molecule has 28 heavy (non-hydrogen) atoms. The van der Waals surface area contributed by atoms with Crippen molar-refractivity contribution < 1.29 is 13.6 Å². The van der Waals surface area contributed by atoms with E-state index >= 15 is 0 Å². The van der Waals surface area contributed by atoms with Gasteiger partial charge in [0.15, 0.2) is 5.78 Å². The Morgan fingerprint density at radius 1 is 0.857 bits per heavy atom. The van der Waals surface area contributed by atoms with Crippen LogP contribution in [0.3, 0.4) is 0 Å². The molecule has 1 heterocycles. The second-order valence-electron chi connectivity index (χ2n) is 7.68. The Bertz CT molecular complexity index is 976. The van der Waals surface area contributed by atoms with Crippen molar-refractivity contribution >= 4 is 16.6 Å². The van der Waals surface area contributed by atoms with Crippen LogP contribution in [-0.4, -0.2) is 23.8 Å². The summed E-state index contributed by atoms with van der Waals surface area (Å²) in [6.45, 7) is 2.79. The van der Waals surface area contributed by atoms with Crippen molar-refractivity contribution in [3.63, 3.8) is 0 Å². The van der Waals surface area contributed by atoms with Crippen LogP contribution in [0.25, 0.3) is 10.8 Å². The number of halogens is 2. The van der Waals surface area contributed by atoms with Gasteiger partial charge in [-0.05, 0) is 90.6 Å². The highest BCUT2D eigenvalue weighted by Gasteiger charge is 2.22. The normalized spacial score (nSPS) is 15.8. The lowest BCUT2D eigenvalue weighted by molar-refractivity contribution is 0.0925. The topological polar surface area (TPSA) is 20.3 Å². The predicted molar refractivity (Wildman–Crippen MR) is 107 cm³/mol. The summed E-state index contributed by atoms with van der Waals surface area (Å²) in [5.41, 5.74) is 1.82. The highest BCUT2D eigenvalue weighted by Crippen LogP contribution is 2.25. The molecule has 0 N–H and O–H groups in total. The molecule has 144 valence electrons. The van der Waals surface area contributed by atoms with Gasteiger partial charge in [-0.1, -0.05) is 18.2 Å². The van der Waals surface area contributed by atoms with E-state index in [1.807, 2.05) is 12.1 Å². The van der Waals surface area contributed by atoms with Crippen LogP contribution < -0.4 is 0 Å². The van der Waals surface area contributed by atoms with Gasteiger partial charge in [-0.3, -0.25) is 9.69 Å². The minimum Gasteiger partial charge on any atom is -0.299 e. The van der Waals surface area contributed by atoms with Crippen LogP contribution in [0.2, 0.25) is 0 Å². The van der Waals surface area contributed by atoms with E-state index in [0.29, 0.717) is 17.9 Å². The van der Waals surface area contributed by atoms with Crippen molar-refractivity contribution in [1.82, 2.24) is 4.90 Å². The maximum Gasteiger partial charge on any atom is 0.163 e. The lowest BCUT2D eigenvalue weighted by Crippen LogP contribution is -2.33. The van der Waals surface area contributed by atoms with Crippen LogP contribution in [0.5, 0.6) is 0 Å². The van der Waals surface area contributed by atoms with Crippen molar-refractivity contribution in [1.29, 1.82) is 0 Å². The van der Waals surface area contributed by atoms with Crippen molar-refractivity contribution in [3.8, 4) is 0 Å². The third kappa shape index (κ3) is 4.45. The van der Waals surface area contributed by atoms with Gasteiger partial charge in [0, 0.05) is 18.5 Å². The standard InChI is InChI=1S/C24H23F2NO/c25-22-6-3-19(4-7-22)24(28)14-17-9-11-27(12-10-17)16-18-1-2-21-15-23(26)8-5-20(21)13-18/h1-8,13,15,17H,9-12,14,16H2. The molecule has 1 saturated heterocycles.